The van der Waals surface area contributed by atoms with Crippen LogP contribution >= 0.6 is 0 Å². The van der Waals surface area contributed by atoms with Gasteiger partial charge in [-0.3, -0.25) is 0 Å². The van der Waals surface area contributed by atoms with Gasteiger partial charge in [0, 0.05) is 6.04 Å². The van der Waals surface area contributed by atoms with Crippen molar-refractivity contribution >= 4 is 0 Å². The standard InChI is InChI=1S/C18H29NO/c1-18(2,3)15-11-7-8-12-17(15)20-13-16(19)14-9-5-4-6-10-14/h7-8,11-12,14,16H,4-6,9-10,13,19H2,1-3H3. The van der Waals surface area contributed by atoms with Crippen LogP contribution in [0.3, 0.4) is 0 Å². The largest absolute Gasteiger partial charge is 0.492 e. The molecule has 1 atom stereocenters. The fourth-order valence-electron chi connectivity index (χ4n) is 3.10. The van der Waals surface area contributed by atoms with Crippen molar-refractivity contribution in [2.24, 2.45) is 11.7 Å². The average molecular weight is 275 g/mol. The molecule has 1 saturated carbocycles. The van der Waals surface area contributed by atoms with Crippen molar-refractivity contribution < 1.29 is 4.74 Å². The van der Waals surface area contributed by atoms with Gasteiger partial charge in [-0.15, -0.1) is 0 Å². The first-order valence-corrected chi connectivity index (χ1v) is 7.96. The molecule has 112 valence electrons. The maximum absolute atomic E-state index is 6.33. The lowest BCUT2D eigenvalue weighted by Crippen LogP contribution is -2.37. The lowest BCUT2D eigenvalue weighted by atomic mass is 9.84. The quantitative estimate of drug-likeness (QED) is 0.890. The van der Waals surface area contributed by atoms with Crippen LogP contribution in [-0.2, 0) is 5.41 Å². The Morgan fingerprint density at radius 1 is 1.15 bits per heavy atom. The van der Waals surface area contributed by atoms with Crippen LogP contribution in [0.25, 0.3) is 0 Å². The summed E-state index contributed by atoms with van der Waals surface area (Å²) in [6.07, 6.45) is 6.57. The molecule has 0 aliphatic heterocycles. The Hall–Kier alpha value is -1.02. The first kappa shape index (κ1) is 15.4. The second-order valence-corrected chi connectivity index (χ2v) is 7.12. The van der Waals surface area contributed by atoms with E-state index >= 15 is 0 Å². The molecule has 2 rings (SSSR count). The summed E-state index contributed by atoms with van der Waals surface area (Å²) >= 11 is 0. The van der Waals surface area contributed by atoms with Gasteiger partial charge in [-0.2, -0.15) is 0 Å². The molecular weight excluding hydrogens is 246 g/mol. The van der Waals surface area contributed by atoms with Crippen LogP contribution in [-0.4, -0.2) is 12.6 Å². The van der Waals surface area contributed by atoms with E-state index in [0.717, 1.165) is 5.75 Å². The Labute approximate surface area is 123 Å². The molecule has 1 aliphatic carbocycles. The van der Waals surface area contributed by atoms with Gasteiger partial charge < -0.3 is 10.5 Å². The Morgan fingerprint density at radius 3 is 2.45 bits per heavy atom. The molecule has 20 heavy (non-hydrogen) atoms. The first-order valence-electron chi connectivity index (χ1n) is 7.96. The van der Waals surface area contributed by atoms with Gasteiger partial charge in [-0.1, -0.05) is 58.2 Å². The Bertz CT molecular complexity index is 416. The summed E-state index contributed by atoms with van der Waals surface area (Å²) in [5, 5.41) is 0. The van der Waals surface area contributed by atoms with Crippen LogP contribution in [0.2, 0.25) is 0 Å². The minimum Gasteiger partial charge on any atom is -0.492 e. The smallest absolute Gasteiger partial charge is 0.123 e. The molecule has 0 saturated heterocycles. The van der Waals surface area contributed by atoms with Gasteiger partial charge >= 0.3 is 0 Å². The highest BCUT2D eigenvalue weighted by atomic mass is 16.5. The Morgan fingerprint density at radius 2 is 1.80 bits per heavy atom. The third kappa shape index (κ3) is 3.99. The lowest BCUT2D eigenvalue weighted by Gasteiger charge is -2.28. The highest BCUT2D eigenvalue weighted by Crippen LogP contribution is 2.31. The Kier molecular flexibility index (Phi) is 5.09. The molecule has 2 heteroatoms. The number of ether oxygens (including phenoxy) is 1. The van der Waals surface area contributed by atoms with Crippen LogP contribution in [0.1, 0.15) is 58.4 Å². The summed E-state index contributed by atoms with van der Waals surface area (Å²) in [6, 6.07) is 8.50. The van der Waals surface area contributed by atoms with Crippen molar-refractivity contribution in [2.75, 3.05) is 6.61 Å². The Balaban J connectivity index is 1.96. The minimum absolute atomic E-state index is 0.103. The predicted molar refractivity (Wildman–Crippen MR) is 85.2 cm³/mol. The predicted octanol–water partition coefficient (Wildman–Crippen LogP) is 4.27. The van der Waals surface area contributed by atoms with Gasteiger partial charge in [-0.25, -0.2) is 0 Å². The SMILES string of the molecule is CC(C)(C)c1ccccc1OCC(N)C1CCCCC1. The molecule has 0 spiro atoms. The number of rotatable bonds is 4. The summed E-state index contributed by atoms with van der Waals surface area (Å²) in [5.41, 5.74) is 7.69. The second-order valence-electron chi connectivity index (χ2n) is 7.12. The normalized spacial score (nSPS) is 18.8. The van der Waals surface area contributed by atoms with E-state index in [1.165, 1.54) is 37.7 Å². The molecule has 1 fully saturated rings. The van der Waals surface area contributed by atoms with Crippen LogP contribution in [0.15, 0.2) is 24.3 Å². The topological polar surface area (TPSA) is 35.2 Å². The molecule has 1 unspecified atom stereocenters. The molecule has 0 bridgehead atoms. The van der Waals surface area contributed by atoms with Crippen LogP contribution in [0, 0.1) is 5.92 Å². The van der Waals surface area contributed by atoms with Gasteiger partial charge in [0.15, 0.2) is 0 Å². The van der Waals surface area contributed by atoms with Gasteiger partial charge in [0.05, 0.1) is 0 Å². The number of hydrogen-bond donors (Lipinski definition) is 1. The van der Waals surface area contributed by atoms with Crippen molar-refractivity contribution in [3.63, 3.8) is 0 Å². The lowest BCUT2D eigenvalue weighted by molar-refractivity contribution is 0.211. The monoisotopic (exact) mass is 275 g/mol. The number of benzene rings is 1. The molecular formula is C18H29NO. The van der Waals surface area contributed by atoms with E-state index in [1.54, 1.807) is 0 Å². The zero-order chi connectivity index (χ0) is 14.6. The van der Waals surface area contributed by atoms with Gasteiger partial charge in [0.25, 0.3) is 0 Å². The molecule has 0 aromatic heterocycles. The second kappa shape index (κ2) is 6.62. The van der Waals surface area contributed by atoms with E-state index in [0.29, 0.717) is 12.5 Å². The molecule has 1 aromatic rings. The van der Waals surface area contributed by atoms with Crippen molar-refractivity contribution in [2.45, 2.75) is 64.3 Å². The summed E-state index contributed by atoms with van der Waals surface area (Å²) in [6.45, 7) is 7.29. The van der Waals surface area contributed by atoms with Crippen LogP contribution < -0.4 is 10.5 Å². The zero-order valence-corrected chi connectivity index (χ0v) is 13.2. The van der Waals surface area contributed by atoms with Crippen molar-refractivity contribution in [1.82, 2.24) is 0 Å². The molecule has 0 amide bonds. The maximum atomic E-state index is 6.33. The van der Waals surface area contributed by atoms with Crippen molar-refractivity contribution in [1.29, 1.82) is 0 Å². The number of para-hydroxylation sites is 1. The third-order valence-corrected chi connectivity index (χ3v) is 4.38. The highest BCUT2D eigenvalue weighted by molar-refractivity contribution is 5.38. The minimum atomic E-state index is 0.103. The van der Waals surface area contributed by atoms with E-state index in [9.17, 15) is 0 Å². The third-order valence-electron chi connectivity index (χ3n) is 4.38. The average Bonchev–Trinajstić information content (AvgIpc) is 2.45. The summed E-state index contributed by atoms with van der Waals surface area (Å²) < 4.78 is 6.05. The fraction of sp³-hybridized carbons (Fsp3) is 0.667. The van der Waals surface area contributed by atoms with Gasteiger partial charge in [0.1, 0.15) is 12.4 Å². The van der Waals surface area contributed by atoms with E-state index in [1.807, 2.05) is 6.07 Å². The number of hydrogen-bond acceptors (Lipinski definition) is 2. The zero-order valence-electron chi connectivity index (χ0n) is 13.2. The summed E-state index contributed by atoms with van der Waals surface area (Å²) in [4.78, 5) is 0. The van der Waals surface area contributed by atoms with E-state index in [2.05, 4.69) is 39.0 Å². The molecule has 2 nitrogen and oxygen atoms in total. The molecule has 0 heterocycles. The van der Waals surface area contributed by atoms with Gasteiger partial charge in [0.2, 0.25) is 0 Å². The first-order chi connectivity index (χ1) is 9.48. The molecule has 1 aromatic carbocycles. The van der Waals surface area contributed by atoms with E-state index in [4.69, 9.17) is 10.5 Å². The molecule has 0 radical (unpaired) electrons. The van der Waals surface area contributed by atoms with Crippen LogP contribution in [0.4, 0.5) is 0 Å². The fourth-order valence-corrected chi connectivity index (χ4v) is 3.10. The number of nitrogens with two attached hydrogens (primary N) is 1. The van der Waals surface area contributed by atoms with Gasteiger partial charge in [-0.05, 0) is 35.8 Å². The summed E-state index contributed by atoms with van der Waals surface area (Å²) in [7, 11) is 0. The highest BCUT2D eigenvalue weighted by Gasteiger charge is 2.22. The van der Waals surface area contributed by atoms with Crippen molar-refractivity contribution in [3.05, 3.63) is 29.8 Å². The van der Waals surface area contributed by atoms with E-state index < -0.39 is 0 Å². The molecule has 2 N–H and O–H groups in total. The summed E-state index contributed by atoms with van der Waals surface area (Å²) in [5.74, 6) is 1.64. The maximum Gasteiger partial charge on any atom is 0.123 e. The molecule has 1 aliphatic rings. The van der Waals surface area contributed by atoms with Crippen molar-refractivity contribution in [3.8, 4) is 5.75 Å². The van der Waals surface area contributed by atoms with Crippen LogP contribution in [0.5, 0.6) is 5.75 Å². The van der Waals surface area contributed by atoms with E-state index in [-0.39, 0.29) is 11.5 Å².